The van der Waals surface area contributed by atoms with Crippen LogP contribution < -0.4 is 15.4 Å². The Labute approximate surface area is 120 Å². The minimum atomic E-state index is -4.59. The lowest BCUT2D eigenvalue weighted by molar-refractivity contribution is -0.137. The lowest BCUT2D eigenvalue weighted by atomic mass is 10.1. The number of urea groups is 1. The van der Waals surface area contributed by atoms with Crippen LogP contribution in [0.15, 0.2) is 18.2 Å². The molecule has 0 spiro atoms. The number of ether oxygens (including phenoxy) is 2. The quantitative estimate of drug-likeness (QED) is 0.795. The minimum absolute atomic E-state index is 0.0633. The molecular formula is C13H17F3N2O3. The third-order valence-electron chi connectivity index (χ3n) is 2.59. The van der Waals surface area contributed by atoms with Crippen molar-refractivity contribution in [2.45, 2.75) is 12.6 Å². The summed E-state index contributed by atoms with van der Waals surface area (Å²) in [6.07, 6.45) is -4.02. The van der Waals surface area contributed by atoms with E-state index in [2.05, 4.69) is 10.6 Å². The van der Waals surface area contributed by atoms with E-state index in [0.717, 1.165) is 12.1 Å². The van der Waals surface area contributed by atoms with Crippen LogP contribution in [0.3, 0.4) is 0 Å². The van der Waals surface area contributed by atoms with Gasteiger partial charge in [0.1, 0.15) is 5.75 Å². The third-order valence-corrected chi connectivity index (χ3v) is 2.59. The molecule has 1 rings (SSSR count). The van der Waals surface area contributed by atoms with Gasteiger partial charge in [-0.2, -0.15) is 13.2 Å². The molecule has 0 unspecified atom stereocenters. The molecule has 118 valence electrons. The lowest BCUT2D eigenvalue weighted by Gasteiger charge is -2.15. The molecule has 0 aliphatic heterocycles. The number of hydrogen-bond donors (Lipinski definition) is 2. The van der Waals surface area contributed by atoms with Crippen LogP contribution in [0.2, 0.25) is 0 Å². The summed E-state index contributed by atoms with van der Waals surface area (Å²) in [4.78, 5) is 11.5. The molecule has 1 aromatic carbocycles. The van der Waals surface area contributed by atoms with E-state index in [9.17, 15) is 18.0 Å². The molecule has 0 bridgehead atoms. The van der Waals surface area contributed by atoms with Crippen molar-refractivity contribution in [3.63, 3.8) is 0 Å². The van der Waals surface area contributed by atoms with Gasteiger partial charge in [0.25, 0.3) is 0 Å². The van der Waals surface area contributed by atoms with Gasteiger partial charge in [0.05, 0.1) is 18.4 Å². The van der Waals surface area contributed by atoms with Gasteiger partial charge < -0.3 is 20.1 Å². The van der Waals surface area contributed by atoms with Gasteiger partial charge in [0, 0.05) is 20.3 Å². The molecule has 0 saturated carbocycles. The second-order valence-corrected chi connectivity index (χ2v) is 4.14. The van der Waals surface area contributed by atoms with Gasteiger partial charge in [0.15, 0.2) is 0 Å². The van der Waals surface area contributed by atoms with Crippen molar-refractivity contribution in [1.82, 2.24) is 5.32 Å². The van der Waals surface area contributed by atoms with E-state index in [1.807, 2.05) is 0 Å². The molecule has 0 aliphatic carbocycles. The van der Waals surface area contributed by atoms with Gasteiger partial charge in [-0.3, -0.25) is 0 Å². The van der Waals surface area contributed by atoms with Gasteiger partial charge in [-0.05, 0) is 24.6 Å². The molecule has 0 saturated heterocycles. The highest BCUT2D eigenvalue weighted by Crippen LogP contribution is 2.37. The Kier molecular flexibility index (Phi) is 6.29. The number of carbonyl (C=O) groups excluding carboxylic acids is 1. The Bertz CT molecular complexity index is 478. The van der Waals surface area contributed by atoms with E-state index in [4.69, 9.17) is 9.47 Å². The largest absolute Gasteiger partial charge is 0.497 e. The predicted molar refractivity (Wildman–Crippen MR) is 71.5 cm³/mol. The number of anilines is 1. The molecule has 0 atom stereocenters. The van der Waals surface area contributed by atoms with Crippen molar-refractivity contribution in [3.8, 4) is 5.75 Å². The van der Waals surface area contributed by atoms with Crippen molar-refractivity contribution in [2.75, 3.05) is 32.7 Å². The number of rotatable bonds is 6. The number of nitrogens with one attached hydrogen (secondary N) is 2. The molecule has 21 heavy (non-hydrogen) atoms. The SMILES string of the molecule is COCCCNC(=O)Nc1ccc(OC)cc1C(F)(F)F. The van der Waals surface area contributed by atoms with E-state index < -0.39 is 17.8 Å². The van der Waals surface area contributed by atoms with Crippen LogP contribution in [0, 0.1) is 0 Å². The van der Waals surface area contributed by atoms with E-state index in [-0.39, 0.29) is 11.4 Å². The number of amides is 2. The summed E-state index contributed by atoms with van der Waals surface area (Å²) >= 11 is 0. The number of benzene rings is 1. The molecular weight excluding hydrogens is 289 g/mol. The Morgan fingerprint density at radius 1 is 1.29 bits per heavy atom. The zero-order valence-electron chi connectivity index (χ0n) is 11.7. The van der Waals surface area contributed by atoms with Crippen LogP contribution in [0.1, 0.15) is 12.0 Å². The summed E-state index contributed by atoms with van der Waals surface area (Å²) in [5.74, 6) is 0.0633. The van der Waals surface area contributed by atoms with Crippen molar-refractivity contribution in [2.24, 2.45) is 0 Å². The van der Waals surface area contributed by atoms with Gasteiger partial charge in [-0.1, -0.05) is 0 Å². The van der Waals surface area contributed by atoms with Crippen molar-refractivity contribution >= 4 is 11.7 Å². The zero-order chi connectivity index (χ0) is 15.9. The van der Waals surface area contributed by atoms with Crippen LogP contribution in [0.5, 0.6) is 5.75 Å². The van der Waals surface area contributed by atoms with Gasteiger partial charge in [-0.15, -0.1) is 0 Å². The first-order valence-electron chi connectivity index (χ1n) is 6.17. The highest BCUT2D eigenvalue weighted by molar-refractivity contribution is 5.90. The molecule has 2 N–H and O–H groups in total. The van der Waals surface area contributed by atoms with E-state index in [1.54, 1.807) is 0 Å². The maximum atomic E-state index is 12.9. The maximum absolute atomic E-state index is 12.9. The molecule has 0 aliphatic rings. The Balaban J connectivity index is 2.76. The smallest absolute Gasteiger partial charge is 0.418 e. The summed E-state index contributed by atoms with van der Waals surface area (Å²) in [6.45, 7) is 0.758. The normalized spacial score (nSPS) is 11.1. The standard InChI is InChI=1S/C13H17F3N2O3/c1-20-7-3-6-17-12(19)18-11-5-4-9(21-2)8-10(11)13(14,15)16/h4-5,8H,3,6-7H2,1-2H3,(H2,17,18,19). The van der Waals surface area contributed by atoms with Gasteiger partial charge in [-0.25, -0.2) is 4.79 Å². The van der Waals surface area contributed by atoms with Gasteiger partial charge >= 0.3 is 12.2 Å². The molecule has 5 nitrogen and oxygen atoms in total. The fraction of sp³-hybridized carbons (Fsp3) is 0.462. The monoisotopic (exact) mass is 306 g/mol. The highest BCUT2D eigenvalue weighted by Gasteiger charge is 2.34. The van der Waals surface area contributed by atoms with Crippen molar-refractivity contribution < 1.29 is 27.4 Å². The molecule has 0 aromatic heterocycles. The first kappa shape index (κ1) is 17.1. The average molecular weight is 306 g/mol. The van der Waals surface area contributed by atoms with Crippen LogP contribution in [0.25, 0.3) is 0 Å². The van der Waals surface area contributed by atoms with Crippen LogP contribution in [-0.4, -0.2) is 33.4 Å². The van der Waals surface area contributed by atoms with Crippen LogP contribution in [-0.2, 0) is 10.9 Å². The molecule has 1 aromatic rings. The molecule has 2 amide bonds. The van der Waals surface area contributed by atoms with E-state index >= 15 is 0 Å². The first-order valence-corrected chi connectivity index (χ1v) is 6.17. The summed E-state index contributed by atoms with van der Waals surface area (Å²) in [5, 5.41) is 4.62. The molecule has 0 heterocycles. The molecule has 8 heteroatoms. The topological polar surface area (TPSA) is 59.6 Å². The van der Waals surface area contributed by atoms with E-state index in [0.29, 0.717) is 19.6 Å². The molecule has 0 fully saturated rings. The Hall–Kier alpha value is -1.96. The lowest BCUT2D eigenvalue weighted by Crippen LogP contribution is -2.30. The summed E-state index contributed by atoms with van der Waals surface area (Å²) in [5.41, 5.74) is -1.29. The number of alkyl halides is 3. The highest BCUT2D eigenvalue weighted by atomic mass is 19.4. The summed E-state index contributed by atoms with van der Waals surface area (Å²) in [6, 6.07) is 2.62. The van der Waals surface area contributed by atoms with Crippen molar-refractivity contribution in [1.29, 1.82) is 0 Å². The van der Waals surface area contributed by atoms with E-state index in [1.165, 1.54) is 20.3 Å². The fourth-order valence-corrected chi connectivity index (χ4v) is 1.58. The molecule has 0 radical (unpaired) electrons. The second kappa shape index (κ2) is 7.72. The Morgan fingerprint density at radius 2 is 2.00 bits per heavy atom. The first-order chi connectivity index (χ1) is 9.88. The van der Waals surface area contributed by atoms with Crippen LogP contribution >= 0.6 is 0 Å². The third kappa shape index (κ3) is 5.50. The Morgan fingerprint density at radius 3 is 2.57 bits per heavy atom. The number of hydrogen-bond acceptors (Lipinski definition) is 3. The fourth-order valence-electron chi connectivity index (χ4n) is 1.58. The number of halogens is 3. The maximum Gasteiger partial charge on any atom is 0.418 e. The van der Waals surface area contributed by atoms with Crippen molar-refractivity contribution in [3.05, 3.63) is 23.8 Å². The van der Waals surface area contributed by atoms with Crippen LogP contribution in [0.4, 0.5) is 23.7 Å². The minimum Gasteiger partial charge on any atom is -0.497 e. The number of methoxy groups -OCH3 is 2. The van der Waals surface area contributed by atoms with Gasteiger partial charge in [0.2, 0.25) is 0 Å². The average Bonchev–Trinajstić information content (AvgIpc) is 2.43. The second-order valence-electron chi connectivity index (χ2n) is 4.14. The summed E-state index contributed by atoms with van der Waals surface area (Å²) < 4.78 is 48.3. The number of carbonyl (C=O) groups is 1. The predicted octanol–water partition coefficient (Wildman–Crippen LogP) is 2.87. The summed E-state index contributed by atoms with van der Waals surface area (Å²) in [7, 11) is 2.79. The zero-order valence-corrected chi connectivity index (χ0v) is 11.7.